The summed E-state index contributed by atoms with van der Waals surface area (Å²) in [6.45, 7) is 19.9. The second-order valence-corrected chi connectivity index (χ2v) is 29.4. The summed E-state index contributed by atoms with van der Waals surface area (Å²) >= 11 is 6.34. The summed E-state index contributed by atoms with van der Waals surface area (Å²) in [6.07, 6.45) is -0.358. The lowest BCUT2D eigenvalue weighted by atomic mass is 9.78. The smallest absolute Gasteiger partial charge is 0.343 e. The number of alkyl halides is 4. The average molecular weight is 1330 g/mol. The predicted molar refractivity (Wildman–Crippen MR) is 347 cm³/mol. The van der Waals surface area contributed by atoms with Crippen LogP contribution in [0, 0.1) is 47.3 Å². The van der Waals surface area contributed by atoms with Crippen LogP contribution in [0.25, 0.3) is 0 Å². The van der Waals surface area contributed by atoms with E-state index in [2.05, 4.69) is 28.2 Å². The van der Waals surface area contributed by atoms with Gasteiger partial charge in [-0.2, -0.15) is 13.2 Å². The van der Waals surface area contributed by atoms with Gasteiger partial charge in [0.05, 0.1) is 25.6 Å². The molecule has 11 atom stereocenters. The van der Waals surface area contributed by atoms with Gasteiger partial charge in [0.1, 0.15) is 41.8 Å². The van der Waals surface area contributed by atoms with Crippen LogP contribution in [0.15, 0.2) is 0 Å². The third kappa shape index (κ3) is 23.3. The minimum atomic E-state index is -4.51. The molecule has 4 N–H and O–H groups in total. The lowest BCUT2D eigenvalue weighted by molar-refractivity contribution is -0.182. The van der Waals surface area contributed by atoms with E-state index in [9.17, 15) is 65.9 Å². The molecule has 2 aliphatic carbocycles. The van der Waals surface area contributed by atoms with Crippen LogP contribution in [0.2, 0.25) is 0 Å². The highest BCUT2D eigenvalue weighted by molar-refractivity contribution is 6.20. The molecule has 0 bridgehead atoms. The van der Waals surface area contributed by atoms with Crippen molar-refractivity contribution < 1.29 is 65.9 Å². The van der Waals surface area contributed by atoms with Gasteiger partial charge in [0, 0.05) is 67.2 Å². The summed E-state index contributed by atoms with van der Waals surface area (Å²) in [5.74, 6) is -9.61. The molecule has 1 heterocycles. The highest BCUT2D eigenvalue weighted by Gasteiger charge is 2.48. The largest absolute Gasteiger partial charge is 0.393 e. The number of likely N-dealkylation sites (N-methyl/N-ethyl adjacent to an activating group) is 7. The third-order valence-electron chi connectivity index (χ3n) is 19.4. The van der Waals surface area contributed by atoms with Crippen LogP contribution in [-0.2, 0) is 52.7 Å². The molecule has 26 heteroatoms. The van der Waals surface area contributed by atoms with E-state index in [1.165, 1.54) is 82.8 Å². The standard InChI is InChI=1S/C66H113ClF3N11O11/c1-20-42(9)57-63(91)77(15)36-55(84)75(13)37-56(85)80(18)52(34-45-23-21-41(8)22-24-45)62(90)76(14)35-53(82)71-48(28-26-44-25-27-46(47(67)33-44)66(68,69)70)58(86)72-50(30-39(4)5)61(89)81(19)65(11,12)64(92)73-49(29-38(2)3)60(88)78(16)43(10)32-54(83)79(17)51(31-40(6)7)59(87)74-57/h38-52,57H,20-37H2,1-19H3,(H,71,82)(H,72,86)(H,73,92)(H,74,87)/t41?,42-,43+,44?,45?,46?,47?,48-,49-,50-,51-,52-,57-/m0/s1. The number of hydrogen-bond acceptors (Lipinski definition) is 11. The Bertz CT molecular complexity index is 2550. The minimum Gasteiger partial charge on any atom is -0.343 e. The lowest BCUT2D eigenvalue weighted by Gasteiger charge is -2.39. The van der Waals surface area contributed by atoms with Gasteiger partial charge in [-0.25, -0.2) is 0 Å². The second-order valence-electron chi connectivity index (χ2n) is 28.9. The zero-order chi connectivity index (χ0) is 70.2. The highest BCUT2D eigenvalue weighted by atomic mass is 35.5. The molecule has 11 amide bonds. The Labute approximate surface area is 551 Å². The first-order valence-electron chi connectivity index (χ1n) is 33.2. The van der Waals surface area contributed by atoms with Crippen LogP contribution in [0.1, 0.15) is 179 Å². The molecule has 22 nitrogen and oxygen atoms in total. The van der Waals surface area contributed by atoms with Crippen molar-refractivity contribution >= 4 is 76.6 Å². The Hall–Kier alpha value is -5.75. The van der Waals surface area contributed by atoms with E-state index in [0.29, 0.717) is 12.3 Å². The molecule has 1 saturated heterocycles. The number of rotatable bonds is 13. The maximum atomic E-state index is 14.8. The molecule has 92 heavy (non-hydrogen) atoms. The van der Waals surface area contributed by atoms with Gasteiger partial charge in [0.15, 0.2) is 0 Å². The molecule has 0 spiro atoms. The van der Waals surface area contributed by atoms with Crippen molar-refractivity contribution in [1.29, 1.82) is 0 Å². The summed E-state index contributed by atoms with van der Waals surface area (Å²) < 4.78 is 41.7. The molecule has 2 saturated carbocycles. The minimum absolute atomic E-state index is 0.00921. The Morgan fingerprint density at radius 2 is 1.07 bits per heavy atom. The Morgan fingerprint density at radius 3 is 1.60 bits per heavy atom. The SMILES string of the molecule is CC[C@H](C)[C@@H]1NC(=O)[C@H](CC(C)C)N(C)C(=O)C[C@@H](C)N(C)C(=O)[C@H](CC(C)C)NC(=O)C(C)(C)N(C)C(=O)[C@H](CC(C)C)NC(=O)[C@H](CCC2CCC(C(F)(F)F)C(Cl)C2)NC(=O)CN(C)C(=O)[C@H](CC2CCC(C)CC2)N(C)C(=O)CN(C)C(=O)CN(C)C1=O. The van der Waals surface area contributed by atoms with Crippen LogP contribution in [0.3, 0.4) is 0 Å². The van der Waals surface area contributed by atoms with Crippen molar-refractivity contribution in [3.63, 3.8) is 0 Å². The first kappa shape index (κ1) is 80.5. The normalized spacial score (nSPS) is 29.6. The maximum absolute atomic E-state index is 14.8. The van der Waals surface area contributed by atoms with Crippen LogP contribution in [0.4, 0.5) is 13.2 Å². The molecule has 3 aliphatic rings. The molecule has 526 valence electrons. The van der Waals surface area contributed by atoms with E-state index >= 15 is 0 Å². The average Bonchev–Trinajstić information content (AvgIpc) is 3.63. The summed E-state index contributed by atoms with van der Waals surface area (Å²) in [6, 6.07) is -7.92. The van der Waals surface area contributed by atoms with Gasteiger partial charge in [-0.3, -0.25) is 52.7 Å². The molecular formula is C66H113ClF3N11O11. The maximum Gasteiger partial charge on any atom is 0.393 e. The Morgan fingerprint density at radius 1 is 0.543 bits per heavy atom. The fourth-order valence-electron chi connectivity index (χ4n) is 12.5. The van der Waals surface area contributed by atoms with E-state index in [1.54, 1.807) is 13.8 Å². The number of nitrogens with zero attached hydrogens (tertiary/aromatic N) is 7. The number of nitrogens with one attached hydrogen (secondary N) is 4. The predicted octanol–water partition coefficient (Wildman–Crippen LogP) is 6.21. The lowest BCUT2D eigenvalue weighted by Crippen LogP contribution is -2.63. The summed E-state index contributed by atoms with van der Waals surface area (Å²) in [5.41, 5.74) is -1.68. The number of halogens is 4. The fraction of sp³-hybridized carbons (Fsp3) is 0.833. The Kier molecular flexibility index (Phi) is 31.2. The van der Waals surface area contributed by atoms with Gasteiger partial charge in [-0.1, -0.05) is 94.4 Å². The van der Waals surface area contributed by atoms with Crippen LogP contribution >= 0.6 is 11.6 Å². The first-order chi connectivity index (χ1) is 42.5. The number of amides is 11. The second kappa shape index (κ2) is 35.7. The van der Waals surface area contributed by atoms with Crippen molar-refractivity contribution in [1.82, 2.24) is 55.6 Å². The van der Waals surface area contributed by atoms with Gasteiger partial charge >= 0.3 is 6.18 Å². The van der Waals surface area contributed by atoms with E-state index in [4.69, 9.17) is 11.6 Å². The van der Waals surface area contributed by atoms with Crippen molar-refractivity contribution in [2.45, 2.75) is 239 Å². The molecule has 0 aromatic carbocycles. The van der Waals surface area contributed by atoms with E-state index in [1.807, 2.05) is 48.5 Å². The van der Waals surface area contributed by atoms with Gasteiger partial charge in [-0.15, -0.1) is 11.6 Å². The monoisotopic (exact) mass is 1330 g/mol. The van der Waals surface area contributed by atoms with E-state index < -0.39 is 156 Å². The Balaban J connectivity index is 2.20. The molecular weight excluding hydrogens is 1220 g/mol. The summed E-state index contributed by atoms with van der Waals surface area (Å²) in [4.78, 5) is 168. The van der Waals surface area contributed by atoms with Gasteiger partial charge in [0.2, 0.25) is 65.0 Å². The van der Waals surface area contributed by atoms with Crippen molar-refractivity contribution in [3.8, 4) is 0 Å². The zero-order valence-corrected chi connectivity index (χ0v) is 59.4. The van der Waals surface area contributed by atoms with Crippen LogP contribution < -0.4 is 21.3 Å². The molecule has 1 aliphatic heterocycles. The molecule has 0 aromatic heterocycles. The van der Waals surface area contributed by atoms with Crippen LogP contribution in [-0.4, -0.2) is 228 Å². The number of carbonyl (C=O) groups is 11. The zero-order valence-electron chi connectivity index (χ0n) is 58.6. The van der Waals surface area contributed by atoms with Crippen LogP contribution in [0.5, 0.6) is 0 Å². The molecule has 0 aromatic rings. The van der Waals surface area contributed by atoms with E-state index in [-0.39, 0.29) is 93.8 Å². The van der Waals surface area contributed by atoms with Crippen molar-refractivity contribution in [2.75, 3.05) is 69.0 Å². The molecule has 3 unspecified atom stereocenters. The number of carbonyl (C=O) groups excluding carboxylic acids is 11. The summed E-state index contributed by atoms with van der Waals surface area (Å²) in [7, 11) is 9.98. The molecule has 3 rings (SSSR count). The first-order valence-corrected chi connectivity index (χ1v) is 33.7. The van der Waals surface area contributed by atoms with Gasteiger partial charge in [-0.05, 0) is 120 Å². The fourth-order valence-corrected chi connectivity index (χ4v) is 13.0. The van der Waals surface area contributed by atoms with Gasteiger partial charge < -0.3 is 55.6 Å². The molecule has 0 radical (unpaired) electrons. The number of hydrogen-bond donors (Lipinski definition) is 4. The van der Waals surface area contributed by atoms with Crippen molar-refractivity contribution in [3.05, 3.63) is 0 Å². The third-order valence-corrected chi connectivity index (χ3v) is 19.9. The molecule has 3 fully saturated rings. The van der Waals surface area contributed by atoms with E-state index in [0.717, 1.165) is 40.4 Å². The van der Waals surface area contributed by atoms with Crippen molar-refractivity contribution in [2.24, 2.45) is 47.3 Å². The topological polar surface area (TPSA) is 259 Å². The highest BCUT2D eigenvalue weighted by Crippen LogP contribution is 2.43. The van der Waals surface area contributed by atoms with Gasteiger partial charge in [0.25, 0.3) is 0 Å². The summed E-state index contributed by atoms with van der Waals surface area (Å²) in [5, 5.41) is 10.1. The quantitative estimate of drug-likeness (QED) is 0.151.